The van der Waals surface area contributed by atoms with Gasteiger partial charge in [0.05, 0.1) is 27.6 Å². The predicted molar refractivity (Wildman–Crippen MR) is 136 cm³/mol. The first-order valence-corrected chi connectivity index (χ1v) is 12.3. The number of allylic oxidation sites excluding steroid dienone is 1. The van der Waals surface area contributed by atoms with Gasteiger partial charge in [0.15, 0.2) is 5.78 Å². The van der Waals surface area contributed by atoms with E-state index in [0.29, 0.717) is 20.9 Å². The lowest BCUT2D eigenvalue weighted by Gasteiger charge is -2.05. The first-order valence-electron chi connectivity index (χ1n) is 10.6. The summed E-state index contributed by atoms with van der Waals surface area (Å²) < 4.78 is 5.01. The molecule has 0 aliphatic carbocycles. The van der Waals surface area contributed by atoms with Gasteiger partial charge in [0.1, 0.15) is 17.0 Å². The van der Waals surface area contributed by atoms with Crippen molar-refractivity contribution in [1.29, 1.82) is 10.5 Å². The summed E-state index contributed by atoms with van der Waals surface area (Å²) in [5, 5.41) is 30.8. The first kappa shape index (κ1) is 26.4. The normalized spacial score (nSPS) is 10.8. The van der Waals surface area contributed by atoms with Gasteiger partial charge in [-0.15, -0.1) is 11.3 Å². The molecule has 1 heterocycles. The van der Waals surface area contributed by atoms with Gasteiger partial charge >= 0.3 is 5.97 Å². The van der Waals surface area contributed by atoms with Crippen LogP contribution < -0.4 is 0 Å². The van der Waals surface area contributed by atoms with Crippen molar-refractivity contribution in [3.63, 3.8) is 0 Å². The number of hydrogen-bond acceptors (Lipinski definition) is 9. The monoisotopic (exact) mass is 517 g/mol. The Morgan fingerprint density at radius 3 is 2.53 bits per heavy atom. The Kier molecular flexibility index (Phi) is 8.74. The average Bonchev–Trinajstić information content (AvgIpc) is 3.18. The predicted octanol–water partition coefficient (Wildman–Crippen LogP) is 5.88. The SMILES string of the molecule is CCOC(=O)c1sc(CC(=O)/C(C#N)=C\c2ccc(Sc3ccccc3)c([N+](=O)[O-])c2)c(C#N)c1C. The van der Waals surface area contributed by atoms with E-state index in [1.807, 2.05) is 42.5 Å². The quantitative estimate of drug-likeness (QED) is 0.113. The van der Waals surface area contributed by atoms with Crippen LogP contribution >= 0.6 is 23.1 Å². The van der Waals surface area contributed by atoms with E-state index in [0.717, 1.165) is 16.2 Å². The summed E-state index contributed by atoms with van der Waals surface area (Å²) in [6.07, 6.45) is 1.02. The number of ether oxygens (including phenoxy) is 1. The molecule has 0 N–H and O–H groups in total. The number of carbonyl (C=O) groups is 2. The van der Waals surface area contributed by atoms with Gasteiger partial charge in [0.25, 0.3) is 5.69 Å². The number of carbonyl (C=O) groups excluding carboxylic acids is 2. The van der Waals surface area contributed by atoms with Crippen molar-refractivity contribution in [2.45, 2.75) is 30.1 Å². The minimum absolute atomic E-state index is 0.151. The maximum absolute atomic E-state index is 12.9. The van der Waals surface area contributed by atoms with Gasteiger partial charge < -0.3 is 4.74 Å². The van der Waals surface area contributed by atoms with E-state index >= 15 is 0 Å². The molecule has 0 bridgehead atoms. The number of Topliss-reactive ketones (excluding diaryl/α,β-unsaturated/α-hetero) is 1. The third-order valence-electron chi connectivity index (χ3n) is 5.00. The zero-order valence-corrected chi connectivity index (χ0v) is 20.9. The summed E-state index contributed by atoms with van der Waals surface area (Å²) in [7, 11) is 0. The zero-order valence-electron chi connectivity index (χ0n) is 19.3. The Bertz CT molecular complexity index is 1450. The Balaban J connectivity index is 1.90. The van der Waals surface area contributed by atoms with Crippen molar-refractivity contribution in [1.82, 2.24) is 0 Å². The van der Waals surface area contributed by atoms with E-state index < -0.39 is 16.7 Å². The summed E-state index contributed by atoms with van der Waals surface area (Å²) in [4.78, 5) is 38.1. The number of thiophene rings is 1. The maximum Gasteiger partial charge on any atom is 0.348 e. The van der Waals surface area contributed by atoms with Crippen molar-refractivity contribution < 1.29 is 19.2 Å². The minimum atomic E-state index is -0.577. The summed E-state index contributed by atoms with van der Waals surface area (Å²) >= 11 is 2.22. The number of esters is 1. The van der Waals surface area contributed by atoms with Crippen molar-refractivity contribution >= 4 is 46.6 Å². The van der Waals surface area contributed by atoms with Gasteiger partial charge in [-0.2, -0.15) is 10.5 Å². The van der Waals surface area contributed by atoms with Crippen LogP contribution in [0.3, 0.4) is 0 Å². The molecule has 8 nitrogen and oxygen atoms in total. The molecule has 0 saturated heterocycles. The second-order valence-electron chi connectivity index (χ2n) is 7.36. The third kappa shape index (κ3) is 6.05. The average molecular weight is 518 g/mol. The summed E-state index contributed by atoms with van der Waals surface area (Å²) in [6, 6.07) is 17.5. The number of nitro groups is 1. The molecule has 0 aliphatic rings. The van der Waals surface area contributed by atoms with Crippen molar-refractivity contribution in [3.8, 4) is 12.1 Å². The molecule has 0 unspecified atom stereocenters. The third-order valence-corrected chi connectivity index (χ3v) is 7.34. The lowest BCUT2D eigenvalue weighted by molar-refractivity contribution is -0.387. The van der Waals surface area contributed by atoms with Crippen LogP contribution in [0, 0.1) is 39.7 Å². The van der Waals surface area contributed by atoms with Crippen LogP contribution in [-0.4, -0.2) is 23.3 Å². The van der Waals surface area contributed by atoms with Crippen LogP contribution in [0.2, 0.25) is 0 Å². The highest BCUT2D eigenvalue weighted by molar-refractivity contribution is 7.99. The van der Waals surface area contributed by atoms with Crippen molar-refractivity contribution in [3.05, 3.63) is 90.7 Å². The Hall–Kier alpha value is -4.25. The smallest absolute Gasteiger partial charge is 0.348 e. The van der Waals surface area contributed by atoms with Crippen LogP contribution in [0.4, 0.5) is 5.69 Å². The standard InChI is InChI=1S/C26H19N3O5S2/c1-3-34-26(31)25-16(2)20(15-28)24(36-25)13-22(30)18(14-27)11-17-9-10-23(21(12-17)29(32)33)35-19-7-5-4-6-8-19/h4-12H,3,13H2,1-2H3/b18-11-. The highest BCUT2D eigenvalue weighted by Crippen LogP contribution is 2.36. The molecule has 0 atom stereocenters. The van der Waals surface area contributed by atoms with Crippen LogP contribution in [0.15, 0.2) is 63.9 Å². The van der Waals surface area contributed by atoms with Gasteiger partial charge in [-0.1, -0.05) is 36.0 Å². The molecular formula is C26H19N3O5S2. The van der Waals surface area contributed by atoms with E-state index in [4.69, 9.17) is 4.74 Å². The Morgan fingerprint density at radius 1 is 1.19 bits per heavy atom. The van der Waals surface area contributed by atoms with E-state index in [1.54, 1.807) is 26.0 Å². The van der Waals surface area contributed by atoms with Gasteiger partial charge in [-0.05, 0) is 49.2 Å². The number of rotatable bonds is 9. The molecule has 180 valence electrons. The van der Waals surface area contributed by atoms with E-state index in [-0.39, 0.29) is 34.7 Å². The van der Waals surface area contributed by atoms with Crippen LogP contribution in [-0.2, 0) is 16.0 Å². The van der Waals surface area contributed by atoms with E-state index in [2.05, 4.69) is 0 Å². The van der Waals surface area contributed by atoms with Crippen LogP contribution in [0.25, 0.3) is 6.08 Å². The number of benzene rings is 2. The highest BCUT2D eigenvalue weighted by atomic mass is 32.2. The Morgan fingerprint density at radius 2 is 1.92 bits per heavy atom. The number of hydrogen-bond donors (Lipinski definition) is 0. The molecular weight excluding hydrogens is 498 g/mol. The fourth-order valence-corrected chi connectivity index (χ4v) is 5.36. The second kappa shape index (κ2) is 11.9. The molecule has 10 heteroatoms. The molecule has 0 fully saturated rings. The second-order valence-corrected chi connectivity index (χ2v) is 9.58. The lowest BCUT2D eigenvalue weighted by Crippen LogP contribution is -2.05. The highest BCUT2D eigenvalue weighted by Gasteiger charge is 2.24. The molecule has 0 saturated carbocycles. The molecule has 2 aromatic carbocycles. The molecule has 3 aromatic rings. The van der Waals surface area contributed by atoms with Gasteiger partial charge in [-0.25, -0.2) is 4.79 Å². The maximum atomic E-state index is 12.9. The van der Waals surface area contributed by atoms with E-state index in [9.17, 15) is 30.2 Å². The van der Waals surface area contributed by atoms with Crippen LogP contribution in [0.5, 0.6) is 0 Å². The molecule has 0 radical (unpaired) electrons. The fraction of sp³-hybridized carbons (Fsp3) is 0.154. The van der Waals surface area contributed by atoms with Gasteiger partial charge in [0, 0.05) is 22.3 Å². The van der Waals surface area contributed by atoms with Gasteiger partial charge in [-0.3, -0.25) is 14.9 Å². The minimum Gasteiger partial charge on any atom is -0.462 e. The summed E-state index contributed by atoms with van der Waals surface area (Å²) in [6.45, 7) is 3.44. The van der Waals surface area contributed by atoms with Crippen LogP contribution in [0.1, 0.15) is 38.2 Å². The largest absolute Gasteiger partial charge is 0.462 e. The number of nitriles is 2. The summed E-state index contributed by atoms with van der Waals surface area (Å²) in [5.41, 5.74) is 0.571. The summed E-state index contributed by atoms with van der Waals surface area (Å²) in [5.74, 6) is -1.15. The molecule has 0 aliphatic heterocycles. The van der Waals surface area contributed by atoms with Crippen molar-refractivity contribution in [2.24, 2.45) is 0 Å². The molecule has 1 aromatic heterocycles. The van der Waals surface area contributed by atoms with E-state index in [1.165, 1.54) is 23.9 Å². The lowest BCUT2D eigenvalue weighted by atomic mass is 10.0. The fourth-order valence-electron chi connectivity index (χ4n) is 3.29. The number of ketones is 1. The molecule has 0 amide bonds. The first-order chi connectivity index (χ1) is 17.3. The molecule has 0 spiro atoms. The number of nitro benzene ring substituents is 1. The topological polar surface area (TPSA) is 134 Å². The zero-order chi connectivity index (χ0) is 26.2. The number of nitrogens with zero attached hydrogens (tertiary/aromatic N) is 3. The van der Waals surface area contributed by atoms with Crippen molar-refractivity contribution in [2.75, 3.05) is 6.61 Å². The Labute approximate surface area is 215 Å². The molecule has 36 heavy (non-hydrogen) atoms. The molecule has 3 rings (SSSR count). The van der Waals surface area contributed by atoms with Gasteiger partial charge in [0.2, 0.25) is 0 Å².